The molecule has 21 heavy (non-hydrogen) atoms. The lowest BCUT2D eigenvalue weighted by Gasteiger charge is -2.25. The summed E-state index contributed by atoms with van der Waals surface area (Å²) in [7, 11) is 5.34. The first-order chi connectivity index (χ1) is 9.81. The van der Waals surface area contributed by atoms with Gasteiger partial charge in [0, 0.05) is 39.5 Å². The van der Waals surface area contributed by atoms with Crippen LogP contribution in [-0.4, -0.2) is 61.3 Å². The molecule has 1 aliphatic heterocycles. The van der Waals surface area contributed by atoms with E-state index in [1.807, 2.05) is 7.05 Å². The number of aromatic nitrogens is 2. The van der Waals surface area contributed by atoms with Crippen LogP contribution in [0.2, 0.25) is 0 Å². The molecule has 0 bridgehead atoms. The van der Waals surface area contributed by atoms with Crippen molar-refractivity contribution in [3.63, 3.8) is 0 Å². The van der Waals surface area contributed by atoms with E-state index in [0.717, 1.165) is 25.2 Å². The topological polar surface area (TPSA) is 41.5 Å². The molecule has 2 heterocycles. The third-order valence-corrected chi connectivity index (χ3v) is 3.74. The number of nitrogens with zero attached hydrogens (tertiary/aromatic N) is 4. The molecule has 1 aromatic heterocycles. The maximum atomic E-state index is 12.7. The number of ether oxygens (including phenoxy) is 1. The zero-order valence-corrected chi connectivity index (χ0v) is 12.3. The molecule has 0 saturated carbocycles. The summed E-state index contributed by atoms with van der Waals surface area (Å²) in [6.07, 6.45) is -2.31. The van der Waals surface area contributed by atoms with Crippen molar-refractivity contribution in [1.29, 1.82) is 0 Å². The molecule has 1 aliphatic rings. The average Bonchev–Trinajstić information content (AvgIpc) is 2.78. The Morgan fingerprint density at radius 1 is 1.48 bits per heavy atom. The van der Waals surface area contributed by atoms with Crippen molar-refractivity contribution < 1.29 is 17.9 Å². The third kappa shape index (κ3) is 3.82. The van der Waals surface area contributed by atoms with Gasteiger partial charge in [-0.05, 0) is 19.5 Å². The molecule has 0 unspecified atom stereocenters. The van der Waals surface area contributed by atoms with Gasteiger partial charge in [-0.25, -0.2) is 9.97 Å². The summed E-state index contributed by atoms with van der Waals surface area (Å²) in [5.74, 6) is 0.0825. The fourth-order valence-corrected chi connectivity index (χ4v) is 2.50. The molecule has 1 fully saturated rings. The highest BCUT2D eigenvalue weighted by Crippen LogP contribution is 2.28. The van der Waals surface area contributed by atoms with Gasteiger partial charge in [-0.1, -0.05) is 0 Å². The van der Waals surface area contributed by atoms with Crippen LogP contribution < -0.4 is 4.90 Å². The van der Waals surface area contributed by atoms with Gasteiger partial charge < -0.3 is 9.64 Å². The van der Waals surface area contributed by atoms with E-state index in [0.29, 0.717) is 6.54 Å². The summed E-state index contributed by atoms with van der Waals surface area (Å²) >= 11 is 0. The highest BCUT2D eigenvalue weighted by Gasteiger charge is 2.34. The molecule has 118 valence electrons. The quantitative estimate of drug-likeness (QED) is 0.846. The number of anilines is 1. The molecule has 0 aromatic carbocycles. The first kappa shape index (κ1) is 16.0. The summed E-state index contributed by atoms with van der Waals surface area (Å²) in [4.78, 5) is 11.3. The van der Waals surface area contributed by atoms with Crippen molar-refractivity contribution in [1.82, 2.24) is 14.9 Å². The Kier molecular flexibility index (Phi) is 4.67. The number of likely N-dealkylation sites (tertiary alicyclic amines) is 1. The second-order valence-electron chi connectivity index (χ2n) is 5.31. The van der Waals surface area contributed by atoms with Crippen LogP contribution in [0.25, 0.3) is 0 Å². The van der Waals surface area contributed by atoms with Gasteiger partial charge in [0.2, 0.25) is 5.95 Å². The van der Waals surface area contributed by atoms with Crippen LogP contribution in [0.3, 0.4) is 0 Å². The monoisotopic (exact) mass is 304 g/mol. The Morgan fingerprint density at radius 3 is 2.76 bits per heavy atom. The van der Waals surface area contributed by atoms with Crippen molar-refractivity contribution in [2.45, 2.75) is 24.7 Å². The zero-order valence-electron chi connectivity index (χ0n) is 12.3. The molecule has 0 radical (unpaired) electrons. The SMILES string of the molecule is CO[C@H]1C[C@@H](CN(C)c2nccc(C(F)(F)F)n2)N(C)C1. The number of halogens is 3. The van der Waals surface area contributed by atoms with Crippen LogP contribution >= 0.6 is 0 Å². The molecule has 0 amide bonds. The Hall–Kier alpha value is -1.41. The summed E-state index contributed by atoms with van der Waals surface area (Å²) in [6.45, 7) is 1.37. The second-order valence-corrected chi connectivity index (χ2v) is 5.31. The maximum absolute atomic E-state index is 12.7. The van der Waals surface area contributed by atoms with Crippen molar-refractivity contribution in [3.8, 4) is 0 Å². The largest absolute Gasteiger partial charge is 0.433 e. The molecule has 1 aromatic rings. The van der Waals surface area contributed by atoms with Crippen molar-refractivity contribution in [2.75, 3.05) is 39.2 Å². The Bertz CT molecular complexity index is 483. The number of alkyl halides is 3. The summed E-state index contributed by atoms with van der Waals surface area (Å²) in [5.41, 5.74) is -0.922. The predicted octanol–water partition coefficient (Wildman–Crippen LogP) is 1.65. The first-order valence-electron chi connectivity index (χ1n) is 6.65. The van der Waals surface area contributed by atoms with Gasteiger partial charge in [0.1, 0.15) is 5.69 Å². The zero-order chi connectivity index (χ0) is 15.6. The lowest BCUT2D eigenvalue weighted by molar-refractivity contribution is -0.141. The molecule has 2 rings (SSSR count). The van der Waals surface area contributed by atoms with E-state index in [1.165, 1.54) is 0 Å². The molecular formula is C13H19F3N4O. The fraction of sp³-hybridized carbons (Fsp3) is 0.692. The van der Waals surface area contributed by atoms with E-state index in [1.54, 1.807) is 19.1 Å². The Balaban J connectivity index is 2.05. The fourth-order valence-electron chi connectivity index (χ4n) is 2.50. The van der Waals surface area contributed by atoms with E-state index < -0.39 is 11.9 Å². The van der Waals surface area contributed by atoms with Gasteiger partial charge >= 0.3 is 6.18 Å². The minimum absolute atomic E-state index is 0.0825. The number of likely N-dealkylation sites (N-methyl/N-ethyl adjacent to an activating group) is 2. The van der Waals surface area contributed by atoms with Gasteiger partial charge in [0.25, 0.3) is 0 Å². The van der Waals surface area contributed by atoms with E-state index in [-0.39, 0.29) is 18.1 Å². The van der Waals surface area contributed by atoms with E-state index in [4.69, 9.17) is 4.74 Å². The second kappa shape index (κ2) is 6.15. The molecule has 1 saturated heterocycles. The standard InChI is InChI=1S/C13H19F3N4O/c1-19-8-10(21-3)6-9(19)7-20(2)12-17-5-4-11(18-12)13(14,15)16/h4-5,9-10H,6-8H2,1-3H3/t9-,10-/m0/s1. The summed E-state index contributed by atoms with van der Waals surface area (Å²) < 4.78 is 43.3. The third-order valence-electron chi connectivity index (χ3n) is 3.74. The van der Waals surface area contributed by atoms with Crippen LogP contribution in [0.15, 0.2) is 12.3 Å². The predicted molar refractivity (Wildman–Crippen MR) is 72.1 cm³/mol. The van der Waals surface area contributed by atoms with Crippen LogP contribution in [0.4, 0.5) is 19.1 Å². The van der Waals surface area contributed by atoms with Gasteiger partial charge in [-0.15, -0.1) is 0 Å². The van der Waals surface area contributed by atoms with Crippen molar-refractivity contribution >= 4 is 5.95 Å². The molecular weight excluding hydrogens is 285 g/mol. The number of methoxy groups -OCH3 is 1. The molecule has 0 N–H and O–H groups in total. The Morgan fingerprint density at radius 2 is 2.19 bits per heavy atom. The number of hydrogen-bond donors (Lipinski definition) is 0. The minimum atomic E-state index is -4.45. The van der Waals surface area contributed by atoms with Gasteiger partial charge in [0.15, 0.2) is 0 Å². The normalized spacial score (nSPS) is 23.5. The van der Waals surface area contributed by atoms with Crippen LogP contribution in [0.1, 0.15) is 12.1 Å². The minimum Gasteiger partial charge on any atom is -0.380 e. The number of rotatable bonds is 4. The molecule has 2 atom stereocenters. The van der Waals surface area contributed by atoms with E-state index in [9.17, 15) is 13.2 Å². The summed E-state index contributed by atoms with van der Waals surface area (Å²) in [5, 5.41) is 0. The van der Waals surface area contributed by atoms with Crippen molar-refractivity contribution in [2.24, 2.45) is 0 Å². The molecule has 8 heteroatoms. The molecule has 5 nitrogen and oxygen atoms in total. The lowest BCUT2D eigenvalue weighted by Crippen LogP contribution is -2.37. The van der Waals surface area contributed by atoms with E-state index in [2.05, 4.69) is 14.9 Å². The summed E-state index contributed by atoms with van der Waals surface area (Å²) in [6, 6.07) is 1.08. The van der Waals surface area contributed by atoms with Crippen LogP contribution in [-0.2, 0) is 10.9 Å². The van der Waals surface area contributed by atoms with Gasteiger partial charge in [-0.3, -0.25) is 4.90 Å². The van der Waals surface area contributed by atoms with E-state index >= 15 is 0 Å². The van der Waals surface area contributed by atoms with Crippen LogP contribution in [0, 0.1) is 0 Å². The number of hydrogen-bond acceptors (Lipinski definition) is 5. The van der Waals surface area contributed by atoms with Gasteiger partial charge in [0.05, 0.1) is 6.10 Å². The highest BCUT2D eigenvalue weighted by molar-refractivity contribution is 5.30. The first-order valence-corrected chi connectivity index (χ1v) is 6.65. The van der Waals surface area contributed by atoms with Gasteiger partial charge in [-0.2, -0.15) is 13.2 Å². The van der Waals surface area contributed by atoms with Crippen molar-refractivity contribution in [3.05, 3.63) is 18.0 Å². The lowest BCUT2D eigenvalue weighted by atomic mass is 10.2. The molecule has 0 spiro atoms. The average molecular weight is 304 g/mol. The highest BCUT2D eigenvalue weighted by atomic mass is 19.4. The molecule has 0 aliphatic carbocycles. The maximum Gasteiger partial charge on any atom is 0.433 e. The van der Waals surface area contributed by atoms with Crippen LogP contribution in [0.5, 0.6) is 0 Å². The Labute approximate surface area is 121 Å². The smallest absolute Gasteiger partial charge is 0.380 e.